The van der Waals surface area contributed by atoms with Crippen molar-refractivity contribution in [3.8, 4) is 0 Å². The Morgan fingerprint density at radius 1 is 1.38 bits per heavy atom. The molecule has 0 aromatic heterocycles. The van der Waals surface area contributed by atoms with Crippen LogP contribution in [0.3, 0.4) is 0 Å². The summed E-state index contributed by atoms with van der Waals surface area (Å²) in [5.74, 6) is 0. The Bertz CT molecular complexity index is 323. The Hall–Kier alpha value is -1.20. The van der Waals surface area contributed by atoms with Crippen LogP contribution < -0.4 is 4.31 Å². The van der Waals surface area contributed by atoms with Gasteiger partial charge in [0.15, 0.2) is 0 Å². The van der Waals surface area contributed by atoms with Gasteiger partial charge in [-0.2, -0.15) is 0 Å². The molecule has 0 radical (unpaired) electrons. The highest BCUT2D eigenvalue weighted by Gasteiger charge is 2.04. The first-order valence-corrected chi connectivity index (χ1v) is 4.61. The van der Waals surface area contributed by atoms with Crippen molar-refractivity contribution in [1.29, 1.82) is 0 Å². The molecule has 0 fully saturated rings. The van der Waals surface area contributed by atoms with Gasteiger partial charge in [0, 0.05) is 12.6 Å². The van der Waals surface area contributed by atoms with Gasteiger partial charge in [0.25, 0.3) is 11.3 Å². The molecule has 1 aromatic carbocycles. The lowest BCUT2D eigenvalue weighted by Gasteiger charge is -2.12. The number of hydrogen-bond donors (Lipinski definition) is 1. The molecular formula is C8H9NO3S. The molecule has 1 N–H and O–H groups in total. The number of carbonyl (C=O) groups excluding carboxylic acids is 1. The molecule has 0 aliphatic heterocycles. The first kappa shape index (κ1) is 9.88. The van der Waals surface area contributed by atoms with Gasteiger partial charge >= 0.3 is 0 Å². The molecule has 0 aliphatic rings. The van der Waals surface area contributed by atoms with Crippen LogP contribution in [0.15, 0.2) is 24.3 Å². The second kappa shape index (κ2) is 4.15. The minimum Gasteiger partial charge on any atom is -0.298 e. The number of anilines is 1. The van der Waals surface area contributed by atoms with E-state index in [0.29, 0.717) is 11.3 Å². The van der Waals surface area contributed by atoms with E-state index in [9.17, 15) is 9.00 Å². The van der Waals surface area contributed by atoms with E-state index in [2.05, 4.69) is 0 Å². The molecule has 0 heterocycles. The molecule has 0 aliphatic carbocycles. The topological polar surface area (TPSA) is 57.6 Å². The van der Waals surface area contributed by atoms with Crippen LogP contribution >= 0.6 is 0 Å². The molecule has 13 heavy (non-hydrogen) atoms. The number of rotatable bonds is 3. The van der Waals surface area contributed by atoms with Crippen LogP contribution in [0.4, 0.5) is 5.69 Å². The third-order valence-corrected chi connectivity index (χ3v) is 2.31. The highest BCUT2D eigenvalue weighted by molar-refractivity contribution is 7.80. The van der Waals surface area contributed by atoms with Crippen LogP contribution in [0.25, 0.3) is 0 Å². The molecule has 1 rings (SSSR count). The van der Waals surface area contributed by atoms with Crippen molar-refractivity contribution < 1.29 is 13.6 Å². The van der Waals surface area contributed by atoms with Crippen LogP contribution in [0.5, 0.6) is 0 Å². The molecule has 0 spiro atoms. The number of hydrogen-bond acceptors (Lipinski definition) is 2. The van der Waals surface area contributed by atoms with Crippen molar-refractivity contribution in [1.82, 2.24) is 0 Å². The molecule has 0 amide bonds. The number of benzene rings is 1. The lowest BCUT2D eigenvalue weighted by atomic mass is 10.2. The Morgan fingerprint density at radius 2 is 1.92 bits per heavy atom. The van der Waals surface area contributed by atoms with Crippen LogP contribution in [0.2, 0.25) is 0 Å². The fourth-order valence-electron chi connectivity index (χ4n) is 0.853. The van der Waals surface area contributed by atoms with Gasteiger partial charge in [-0.05, 0) is 24.3 Å². The summed E-state index contributed by atoms with van der Waals surface area (Å²) in [7, 11) is 1.49. The SMILES string of the molecule is CN(c1ccc(C=O)cc1)S(=O)O. The van der Waals surface area contributed by atoms with Crippen molar-refractivity contribution in [3.05, 3.63) is 29.8 Å². The molecule has 5 heteroatoms. The van der Waals surface area contributed by atoms with E-state index in [1.807, 2.05) is 0 Å². The van der Waals surface area contributed by atoms with Crippen LogP contribution in [-0.2, 0) is 11.3 Å². The summed E-state index contributed by atoms with van der Waals surface area (Å²) >= 11 is -2.02. The summed E-state index contributed by atoms with van der Waals surface area (Å²) < 4.78 is 20.5. The second-order valence-corrected chi connectivity index (χ2v) is 3.45. The van der Waals surface area contributed by atoms with Gasteiger partial charge in [0.2, 0.25) is 0 Å². The van der Waals surface area contributed by atoms with Crippen molar-refractivity contribution in [2.24, 2.45) is 0 Å². The van der Waals surface area contributed by atoms with Gasteiger partial charge in [-0.25, -0.2) is 4.21 Å². The quantitative estimate of drug-likeness (QED) is 0.585. The largest absolute Gasteiger partial charge is 0.298 e. The van der Waals surface area contributed by atoms with E-state index in [0.717, 1.165) is 6.29 Å². The van der Waals surface area contributed by atoms with Gasteiger partial charge in [-0.15, -0.1) is 0 Å². The predicted molar refractivity (Wildman–Crippen MR) is 51.0 cm³/mol. The number of nitrogens with zero attached hydrogens (tertiary/aromatic N) is 1. The maximum Gasteiger partial charge on any atom is 0.261 e. The molecule has 1 unspecified atom stereocenters. The summed E-state index contributed by atoms with van der Waals surface area (Å²) in [5.41, 5.74) is 1.13. The van der Waals surface area contributed by atoms with Crippen LogP contribution in [0, 0.1) is 0 Å². The average molecular weight is 199 g/mol. The van der Waals surface area contributed by atoms with Crippen molar-refractivity contribution in [2.45, 2.75) is 0 Å². The number of aldehydes is 1. The first-order valence-electron chi connectivity index (χ1n) is 3.55. The molecule has 0 bridgehead atoms. The van der Waals surface area contributed by atoms with E-state index >= 15 is 0 Å². The van der Waals surface area contributed by atoms with Crippen molar-refractivity contribution >= 4 is 23.2 Å². The highest BCUT2D eigenvalue weighted by atomic mass is 32.2. The third kappa shape index (κ3) is 2.37. The van der Waals surface area contributed by atoms with Gasteiger partial charge in [-0.3, -0.25) is 13.7 Å². The summed E-state index contributed by atoms with van der Waals surface area (Å²) in [6.07, 6.45) is 0.722. The third-order valence-electron chi connectivity index (χ3n) is 1.63. The summed E-state index contributed by atoms with van der Waals surface area (Å²) in [5, 5.41) is 0. The molecule has 0 saturated heterocycles. The number of carbonyl (C=O) groups is 1. The lowest BCUT2D eigenvalue weighted by Crippen LogP contribution is -2.18. The molecule has 4 nitrogen and oxygen atoms in total. The Morgan fingerprint density at radius 3 is 2.31 bits per heavy atom. The zero-order valence-electron chi connectivity index (χ0n) is 7.01. The normalized spacial score (nSPS) is 12.2. The summed E-state index contributed by atoms with van der Waals surface area (Å²) in [4.78, 5) is 10.3. The second-order valence-electron chi connectivity index (χ2n) is 2.44. The van der Waals surface area contributed by atoms with Gasteiger partial charge in [0.05, 0.1) is 5.69 Å². The van der Waals surface area contributed by atoms with Crippen molar-refractivity contribution in [3.63, 3.8) is 0 Å². The molecule has 70 valence electrons. The predicted octanol–water partition coefficient (Wildman–Crippen LogP) is 1.07. The molecule has 1 aromatic rings. The van der Waals surface area contributed by atoms with Crippen molar-refractivity contribution in [2.75, 3.05) is 11.4 Å². The van der Waals surface area contributed by atoms with Gasteiger partial charge in [0.1, 0.15) is 6.29 Å². The maximum absolute atomic E-state index is 10.6. The van der Waals surface area contributed by atoms with E-state index < -0.39 is 11.3 Å². The van der Waals surface area contributed by atoms with E-state index in [4.69, 9.17) is 4.55 Å². The molecule has 0 saturated carbocycles. The van der Waals surface area contributed by atoms with E-state index in [-0.39, 0.29) is 0 Å². The lowest BCUT2D eigenvalue weighted by molar-refractivity contribution is 0.112. The Labute approximate surface area is 78.6 Å². The van der Waals surface area contributed by atoms with Crippen LogP contribution in [0.1, 0.15) is 10.4 Å². The maximum atomic E-state index is 10.6. The first-order chi connectivity index (χ1) is 6.15. The minimum absolute atomic E-state index is 0.542. The standard InChI is InChI=1S/C8H9NO3S/c1-9(13(11)12)8-4-2-7(6-10)3-5-8/h2-6H,1H3,(H,11,12). The van der Waals surface area contributed by atoms with Crippen LogP contribution in [-0.4, -0.2) is 22.1 Å². The Balaban J connectivity index is 2.91. The summed E-state index contributed by atoms with van der Waals surface area (Å²) in [6.45, 7) is 0. The molecular weight excluding hydrogens is 190 g/mol. The Kier molecular flexibility index (Phi) is 3.16. The van der Waals surface area contributed by atoms with Gasteiger partial charge < -0.3 is 0 Å². The minimum atomic E-state index is -2.02. The molecule has 1 atom stereocenters. The van der Waals surface area contributed by atoms with Gasteiger partial charge in [-0.1, -0.05) is 0 Å². The zero-order chi connectivity index (χ0) is 9.84. The highest BCUT2D eigenvalue weighted by Crippen LogP contribution is 2.13. The zero-order valence-corrected chi connectivity index (χ0v) is 7.82. The van der Waals surface area contributed by atoms with E-state index in [1.165, 1.54) is 11.4 Å². The average Bonchev–Trinajstić information content (AvgIpc) is 2.17. The summed E-state index contributed by atoms with van der Waals surface area (Å²) in [6, 6.07) is 6.40. The van der Waals surface area contributed by atoms with E-state index in [1.54, 1.807) is 24.3 Å². The smallest absolute Gasteiger partial charge is 0.261 e. The fourth-order valence-corrected chi connectivity index (χ4v) is 1.16. The monoisotopic (exact) mass is 199 g/mol. The fraction of sp³-hybridized carbons (Fsp3) is 0.125.